The van der Waals surface area contributed by atoms with Gasteiger partial charge in [0.2, 0.25) is 5.91 Å². The number of benzene rings is 1. The van der Waals surface area contributed by atoms with Gasteiger partial charge < -0.3 is 14.5 Å². The van der Waals surface area contributed by atoms with Gasteiger partial charge in [-0.2, -0.15) is 0 Å². The zero-order valence-electron chi connectivity index (χ0n) is 14.9. The van der Waals surface area contributed by atoms with E-state index in [4.69, 9.17) is 4.74 Å². The van der Waals surface area contributed by atoms with Gasteiger partial charge in [0.15, 0.2) is 0 Å². The van der Waals surface area contributed by atoms with Gasteiger partial charge in [-0.25, -0.2) is 8.78 Å². The van der Waals surface area contributed by atoms with E-state index in [1.54, 1.807) is 12.0 Å². The van der Waals surface area contributed by atoms with Crippen LogP contribution in [-0.4, -0.2) is 61.5 Å². The molecule has 0 aliphatic carbocycles. The molecule has 0 radical (unpaired) electrons. The van der Waals surface area contributed by atoms with Crippen LogP contribution in [0, 0.1) is 23.5 Å². The second kappa shape index (κ2) is 8.12. The molecule has 0 aromatic heterocycles. The second-order valence-electron chi connectivity index (χ2n) is 7.18. The lowest BCUT2D eigenvalue weighted by molar-refractivity contribution is -0.128. The smallest absolute Gasteiger partial charge is 0.256 e. The number of amides is 2. The Kier molecular flexibility index (Phi) is 5.86. The molecule has 0 saturated carbocycles. The van der Waals surface area contributed by atoms with Crippen LogP contribution in [0.4, 0.5) is 8.78 Å². The van der Waals surface area contributed by atoms with Crippen molar-refractivity contribution in [3.63, 3.8) is 0 Å². The number of ether oxygens (including phenoxy) is 1. The predicted molar refractivity (Wildman–Crippen MR) is 91.5 cm³/mol. The van der Waals surface area contributed by atoms with E-state index in [0.717, 1.165) is 31.5 Å². The summed E-state index contributed by atoms with van der Waals surface area (Å²) < 4.78 is 31.9. The van der Waals surface area contributed by atoms with Gasteiger partial charge in [0, 0.05) is 51.7 Å². The fourth-order valence-corrected chi connectivity index (χ4v) is 3.84. The van der Waals surface area contributed by atoms with E-state index in [1.165, 1.54) is 6.07 Å². The van der Waals surface area contributed by atoms with Crippen molar-refractivity contribution in [3.05, 3.63) is 35.4 Å². The Morgan fingerprint density at radius 1 is 1.23 bits per heavy atom. The normalized spacial score (nSPS) is 21.5. The zero-order valence-corrected chi connectivity index (χ0v) is 14.9. The van der Waals surface area contributed by atoms with E-state index in [-0.39, 0.29) is 17.4 Å². The van der Waals surface area contributed by atoms with Crippen molar-refractivity contribution >= 4 is 11.8 Å². The minimum atomic E-state index is -0.830. The highest BCUT2D eigenvalue weighted by Gasteiger charge is 2.32. The molecular weight excluding hydrogens is 342 g/mol. The molecule has 7 heteroatoms. The molecule has 0 N–H and O–H groups in total. The first-order valence-electron chi connectivity index (χ1n) is 8.99. The van der Waals surface area contributed by atoms with Crippen molar-refractivity contribution in [1.82, 2.24) is 9.80 Å². The average Bonchev–Trinajstić information content (AvgIpc) is 2.95. The average molecular weight is 366 g/mol. The number of carbonyl (C=O) groups is 2. The molecule has 3 rings (SSSR count). The van der Waals surface area contributed by atoms with Crippen molar-refractivity contribution in [2.45, 2.75) is 19.3 Å². The van der Waals surface area contributed by atoms with Crippen molar-refractivity contribution in [1.29, 1.82) is 0 Å². The number of carbonyl (C=O) groups excluding carboxylic acids is 2. The van der Waals surface area contributed by atoms with Gasteiger partial charge in [0.05, 0.1) is 12.2 Å². The van der Waals surface area contributed by atoms with Gasteiger partial charge in [0.25, 0.3) is 5.91 Å². The fourth-order valence-electron chi connectivity index (χ4n) is 3.84. The van der Waals surface area contributed by atoms with Crippen molar-refractivity contribution < 1.29 is 23.1 Å². The summed E-state index contributed by atoms with van der Waals surface area (Å²) in [5.74, 6) is -1.17. The van der Waals surface area contributed by atoms with E-state index in [1.807, 2.05) is 4.90 Å². The van der Waals surface area contributed by atoms with E-state index < -0.39 is 17.5 Å². The second-order valence-corrected chi connectivity index (χ2v) is 7.18. The first kappa shape index (κ1) is 18.8. The molecule has 2 amide bonds. The lowest BCUT2D eigenvalue weighted by Crippen LogP contribution is -2.42. The van der Waals surface area contributed by atoms with Crippen LogP contribution in [0.3, 0.4) is 0 Å². The molecule has 26 heavy (non-hydrogen) atoms. The minimum absolute atomic E-state index is 0.0954. The lowest BCUT2D eigenvalue weighted by Gasteiger charge is -2.34. The van der Waals surface area contributed by atoms with Crippen LogP contribution in [0.1, 0.15) is 29.6 Å². The van der Waals surface area contributed by atoms with E-state index in [9.17, 15) is 18.4 Å². The van der Waals surface area contributed by atoms with Gasteiger partial charge in [0.1, 0.15) is 11.6 Å². The number of piperidine rings is 1. The van der Waals surface area contributed by atoms with Gasteiger partial charge in [-0.1, -0.05) is 0 Å². The van der Waals surface area contributed by atoms with Crippen molar-refractivity contribution in [2.75, 3.05) is 39.9 Å². The van der Waals surface area contributed by atoms with Gasteiger partial charge in [-0.05, 0) is 30.9 Å². The zero-order chi connectivity index (χ0) is 18.7. The molecule has 142 valence electrons. The molecule has 1 aromatic rings. The number of methoxy groups -OCH3 is 1. The molecule has 1 aromatic carbocycles. The minimum Gasteiger partial charge on any atom is -0.384 e. The SMILES string of the molecule is COCC1CC(=O)N(CC2CCN(C(=O)c3ccc(F)cc3F)CC2)C1. The third kappa shape index (κ3) is 4.20. The van der Waals surface area contributed by atoms with Crippen LogP contribution in [-0.2, 0) is 9.53 Å². The molecule has 2 aliphatic rings. The third-order valence-corrected chi connectivity index (χ3v) is 5.24. The summed E-state index contributed by atoms with van der Waals surface area (Å²) in [6.45, 7) is 3.06. The Bertz CT molecular complexity index is 675. The van der Waals surface area contributed by atoms with Crippen LogP contribution in [0.15, 0.2) is 18.2 Å². The summed E-state index contributed by atoms with van der Waals surface area (Å²) in [7, 11) is 1.64. The highest BCUT2D eigenvalue weighted by atomic mass is 19.1. The fraction of sp³-hybridized carbons (Fsp3) is 0.579. The summed E-state index contributed by atoms with van der Waals surface area (Å²) in [6.07, 6.45) is 2.08. The maximum absolute atomic E-state index is 13.8. The predicted octanol–water partition coefficient (Wildman–Crippen LogP) is 2.31. The first-order valence-corrected chi connectivity index (χ1v) is 8.99. The van der Waals surface area contributed by atoms with Crippen LogP contribution in [0.25, 0.3) is 0 Å². The van der Waals surface area contributed by atoms with E-state index in [2.05, 4.69) is 0 Å². The Balaban J connectivity index is 1.51. The Morgan fingerprint density at radius 2 is 1.96 bits per heavy atom. The summed E-state index contributed by atoms with van der Waals surface area (Å²) in [4.78, 5) is 28.0. The molecule has 2 heterocycles. The summed E-state index contributed by atoms with van der Waals surface area (Å²) in [5, 5.41) is 0. The number of likely N-dealkylation sites (tertiary alicyclic amines) is 2. The summed E-state index contributed by atoms with van der Waals surface area (Å²) >= 11 is 0. The van der Waals surface area contributed by atoms with Gasteiger partial charge in [-0.15, -0.1) is 0 Å². The van der Waals surface area contributed by atoms with Gasteiger partial charge in [-0.3, -0.25) is 9.59 Å². The quantitative estimate of drug-likeness (QED) is 0.804. The Hall–Kier alpha value is -2.02. The standard InChI is InChI=1S/C19H24F2N2O3/c1-26-12-14-8-18(24)23(11-14)10-13-4-6-22(7-5-13)19(25)16-3-2-15(20)9-17(16)21/h2-3,9,13-14H,4-8,10-12H2,1H3. The molecule has 2 saturated heterocycles. The molecule has 5 nitrogen and oxygen atoms in total. The summed E-state index contributed by atoms with van der Waals surface area (Å²) in [6, 6.07) is 3.02. The Morgan fingerprint density at radius 3 is 2.62 bits per heavy atom. The third-order valence-electron chi connectivity index (χ3n) is 5.24. The monoisotopic (exact) mass is 366 g/mol. The number of halogens is 2. The molecule has 2 fully saturated rings. The molecule has 0 spiro atoms. The van der Waals surface area contributed by atoms with Crippen molar-refractivity contribution in [3.8, 4) is 0 Å². The molecule has 2 aliphatic heterocycles. The number of hydrogen-bond donors (Lipinski definition) is 0. The largest absolute Gasteiger partial charge is 0.384 e. The molecule has 1 atom stereocenters. The van der Waals surface area contributed by atoms with Crippen LogP contribution in [0.5, 0.6) is 0 Å². The number of rotatable bonds is 5. The molecule has 1 unspecified atom stereocenters. The van der Waals surface area contributed by atoms with E-state index in [0.29, 0.717) is 38.6 Å². The first-order chi connectivity index (χ1) is 12.5. The summed E-state index contributed by atoms with van der Waals surface area (Å²) in [5.41, 5.74) is -0.0954. The highest BCUT2D eigenvalue weighted by Crippen LogP contribution is 2.25. The molecular formula is C19H24F2N2O3. The van der Waals surface area contributed by atoms with Crippen molar-refractivity contribution in [2.24, 2.45) is 11.8 Å². The lowest BCUT2D eigenvalue weighted by atomic mass is 9.95. The molecule has 0 bridgehead atoms. The number of hydrogen-bond acceptors (Lipinski definition) is 3. The number of nitrogens with zero attached hydrogens (tertiary/aromatic N) is 2. The maximum atomic E-state index is 13.8. The van der Waals surface area contributed by atoms with Gasteiger partial charge >= 0.3 is 0 Å². The maximum Gasteiger partial charge on any atom is 0.256 e. The van der Waals surface area contributed by atoms with E-state index >= 15 is 0 Å². The highest BCUT2D eigenvalue weighted by molar-refractivity contribution is 5.94. The van der Waals surface area contributed by atoms with Crippen LogP contribution >= 0.6 is 0 Å². The van der Waals surface area contributed by atoms with Crippen LogP contribution < -0.4 is 0 Å². The Labute approximate surface area is 151 Å². The van der Waals surface area contributed by atoms with Crippen LogP contribution in [0.2, 0.25) is 0 Å². The topological polar surface area (TPSA) is 49.9 Å².